The van der Waals surface area contributed by atoms with Crippen LogP contribution in [0.15, 0.2) is 84.9 Å². The van der Waals surface area contributed by atoms with Crippen LogP contribution in [0.2, 0.25) is 0 Å². The number of hydrogen-bond donors (Lipinski definition) is 2. The molecule has 0 radical (unpaired) electrons. The van der Waals surface area contributed by atoms with Crippen molar-refractivity contribution in [1.82, 2.24) is 10.2 Å². The number of carbonyl (C=O) groups is 1. The van der Waals surface area contributed by atoms with Crippen molar-refractivity contribution >= 4 is 17.8 Å². The summed E-state index contributed by atoms with van der Waals surface area (Å²) in [4.78, 5) is 14.4. The number of nitrogens with one attached hydrogen (secondary N) is 2. The summed E-state index contributed by atoms with van der Waals surface area (Å²) in [7, 11) is 0. The number of nitrogens with zero attached hydrogens (tertiary/aromatic N) is 1. The summed E-state index contributed by atoms with van der Waals surface area (Å²) in [6.45, 7) is 3.13. The maximum atomic E-state index is 12.5. The lowest BCUT2D eigenvalue weighted by Gasteiger charge is -2.16. The second-order valence-corrected chi connectivity index (χ2v) is 7.52. The number of urea groups is 1. The van der Waals surface area contributed by atoms with E-state index < -0.39 is 0 Å². The van der Waals surface area contributed by atoms with Crippen LogP contribution in [0.4, 0.5) is 10.5 Å². The standard InChI is InChI=1S/C26H27N3O/c30-26(29-19-23-10-4-5-11-24(23)20-29)28-25-14-12-22(13-15-25)9-6-17-27-18-16-21-7-2-1-3-8-21/h1-15,27H,16-20H2,(H,28,30). The van der Waals surface area contributed by atoms with E-state index in [1.807, 2.05) is 47.4 Å². The van der Waals surface area contributed by atoms with E-state index in [1.54, 1.807) is 0 Å². The van der Waals surface area contributed by atoms with Crippen LogP contribution in [0, 0.1) is 0 Å². The Bertz CT molecular complexity index is 971. The van der Waals surface area contributed by atoms with E-state index in [4.69, 9.17) is 0 Å². The first kappa shape index (κ1) is 19.9. The van der Waals surface area contributed by atoms with Gasteiger partial charge in [-0.05, 0) is 47.4 Å². The molecule has 3 aromatic carbocycles. The van der Waals surface area contributed by atoms with Crippen molar-refractivity contribution in [2.45, 2.75) is 19.5 Å². The van der Waals surface area contributed by atoms with Crippen molar-refractivity contribution in [2.24, 2.45) is 0 Å². The van der Waals surface area contributed by atoms with Crippen LogP contribution < -0.4 is 10.6 Å². The minimum atomic E-state index is -0.0582. The van der Waals surface area contributed by atoms with E-state index in [9.17, 15) is 4.79 Å². The lowest BCUT2D eigenvalue weighted by Crippen LogP contribution is -2.30. The van der Waals surface area contributed by atoms with Gasteiger partial charge in [-0.3, -0.25) is 0 Å². The van der Waals surface area contributed by atoms with Gasteiger partial charge >= 0.3 is 6.03 Å². The zero-order chi connectivity index (χ0) is 20.6. The predicted molar refractivity (Wildman–Crippen MR) is 123 cm³/mol. The molecule has 0 aliphatic carbocycles. The Kier molecular flexibility index (Phi) is 6.58. The second-order valence-electron chi connectivity index (χ2n) is 7.52. The van der Waals surface area contributed by atoms with Gasteiger partial charge in [0.15, 0.2) is 0 Å². The number of hydrogen-bond acceptors (Lipinski definition) is 2. The molecule has 0 saturated heterocycles. The van der Waals surface area contributed by atoms with Gasteiger partial charge in [0.25, 0.3) is 0 Å². The van der Waals surface area contributed by atoms with Crippen molar-refractivity contribution < 1.29 is 4.79 Å². The van der Waals surface area contributed by atoms with Gasteiger partial charge in [-0.1, -0.05) is 78.9 Å². The van der Waals surface area contributed by atoms with Crippen molar-refractivity contribution in [1.29, 1.82) is 0 Å². The molecule has 0 unspecified atom stereocenters. The summed E-state index contributed by atoms with van der Waals surface area (Å²) in [5.41, 5.74) is 5.74. The van der Waals surface area contributed by atoms with Crippen LogP contribution in [-0.4, -0.2) is 24.0 Å². The third-order valence-electron chi connectivity index (χ3n) is 5.30. The molecule has 0 atom stereocenters. The van der Waals surface area contributed by atoms with Crippen LogP contribution in [0.5, 0.6) is 0 Å². The summed E-state index contributed by atoms with van der Waals surface area (Å²) < 4.78 is 0. The maximum absolute atomic E-state index is 12.5. The summed E-state index contributed by atoms with van der Waals surface area (Å²) in [5.74, 6) is 0. The van der Waals surface area contributed by atoms with E-state index >= 15 is 0 Å². The monoisotopic (exact) mass is 397 g/mol. The van der Waals surface area contributed by atoms with Crippen LogP contribution >= 0.6 is 0 Å². The molecule has 2 amide bonds. The molecule has 0 fully saturated rings. The highest BCUT2D eigenvalue weighted by Crippen LogP contribution is 2.23. The van der Waals surface area contributed by atoms with Crippen LogP contribution in [0.25, 0.3) is 6.08 Å². The van der Waals surface area contributed by atoms with Gasteiger partial charge < -0.3 is 15.5 Å². The minimum absolute atomic E-state index is 0.0582. The number of rotatable bonds is 7. The van der Waals surface area contributed by atoms with Crippen LogP contribution in [0.3, 0.4) is 0 Å². The quantitative estimate of drug-likeness (QED) is 0.546. The first-order valence-corrected chi connectivity index (χ1v) is 10.4. The van der Waals surface area contributed by atoms with E-state index in [-0.39, 0.29) is 6.03 Å². The summed E-state index contributed by atoms with van der Waals surface area (Å²) >= 11 is 0. The SMILES string of the molecule is O=C(Nc1ccc(C=CCNCCc2ccccc2)cc1)N1Cc2ccccc2C1. The third-order valence-corrected chi connectivity index (χ3v) is 5.30. The Morgan fingerprint density at radius 3 is 2.23 bits per heavy atom. The van der Waals surface area contributed by atoms with Gasteiger partial charge in [-0.15, -0.1) is 0 Å². The molecule has 0 aromatic heterocycles. The lowest BCUT2D eigenvalue weighted by atomic mass is 10.1. The molecule has 3 aromatic rings. The molecule has 2 N–H and O–H groups in total. The summed E-state index contributed by atoms with van der Waals surface area (Å²) in [5, 5.41) is 6.43. The zero-order valence-corrected chi connectivity index (χ0v) is 17.1. The molecule has 0 bridgehead atoms. The van der Waals surface area contributed by atoms with Crippen molar-refractivity contribution in [3.8, 4) is 0 Å². The van der Waals surface area contributed by atoms with Crippen molar-refractivity contribution in [3.63, 3.8) is 0 Å². The topological polar surface area (TPSA) is 44.4 Å². The number of fused-ring (bicyclic) bond motifs is 1. The van der Waals surface area contributed by atoms with Crippen LogP contribution in [-0.2, 0) is 19.5 Å². The first-order chi connectivity index (χ1) is 14.8. The number of amides is 2. The summed E-state index contributed by atoms with van der Waals surface area (Å²) in [6, 6.07) is 26.6. The van der Waals surface area contributed by atoms with Gasteiger partial charge in [-0.25, -0.2) is 4.79 Å². The molecule has 4 heteroatoms. The molecule has 0 saturated carbocycles. The van der Waals surface area contributed by atoms with E-state index in [0.717, 1.165) is 30.8 Å². The molecule has 152 valence electrons. The highest BCUT2D eigenvalue weighted by atomic mass is 16.2. The maximum Gasteiger partial charge on any atom is 0.322 e. The summed E-state index contributed by atoms with van der Waals surface area (Å²) in [6.07, 6.45) is 5.25. The fraction of sp³-hybridized carbons (Fsp3) is 0.192. The average Bonchev–Trinajstić information content (AvgIpc) is 3.22. The molecule has 1 aliphatic rings. The second kappa shape index (κ2) is 9.90. The first-order valence-electron chi connectivity index (χ1n) is 10.4. The van der Waals surface area contributed by atoms with Gasteiger partial charge in [0.2, 0.25) is 0 Å². The highest BCUT2D eigenvalue weighted by molar-refractivity contribution is 5.89. The molecule has 4 rings (SSSR count). The fourth-order valence-corrected chi connectivity index (χ4v) is 3.61. The molecule has 1 heterocycles. The normalized spacial score (nSPS) is 12.9. The van der Waals surface area contributed by atoms with E-state index in [1.165, 1.54) is 16.7 Å². The fourth-order valence-electron chi connectivity index (χ4n) is 3.61. The highest BCUT2D eigenvalue weighted by Gasteiger charge is 2.22. The van der Waals surface area contributed by atoms with Gasteiger partial charge in [0.1, 0.15) is 0 Å². The zero-order valence-electron chi connectivity index (χ0n) is 17.1. The third kappa shape index (κ3) is 5.37. The minimum Gasteiger partial charge on any atom is -0.316 e. The van der Waals surface area contributed by atoms with E-state index in [0.29, 0.717) is 13.1 Å². The average molecular weight is 398 g/mol. The molecule has 30 heavy (non-hydrogen) atoms. The Hall–Kier alpha value is -3.37. The molecule has 0 spiro atoms. The number of benzene rings is 3. The lowest BCUT2D eigenvalue weighted by molar-refractivity contribution is 0.212. The van der Waals surface area contributed by atoms with E-state index in [2.05, 4.69) is 59.2 Å². The van der Waals surface area contributed by atoms with Gasteiger partial charge in [0.05, 0.1) is 0 Å². The Balaban J connectivity index is 1.19. The van der Waals surface area contributed by atoms with Gasteiger partial charge in [-0.2, -0.15) is 0 Å². The number of anilines is 1. The van der Waals surface area contributed by atoms with Gasteiger partial charge in [0, 0.05) is 25.3 Å². The Labute approximate surface area is 178 Å². The largest absolute Gasteiger partial charge is 0.322 e. The number of carbonyl (C=O) groups excluding carboxylic acids is 1. The smallest absolute Gasteiger partial charge is 0.316 e. The molecular formula is C26H27N3O. The Morgan fingerprint density at radius 2 is 1.53 bits per heavy atom. The predicted octanol–water partition coefficient (Wildman–Crippen LogP) is 5.08. The van der Waals surface area contributed by atoms with Crippen LogP contribution in [0.1, 0.15) is 22.3 Å². The van der Waals surface area contributed by atoms with Crippen molar-refractivity contribution in [2.75, 3.05) is 18.4 Å². The molecule has 1 aliphatic heterocycles. The molecule has 4 nitrogen and oxygen atoms in total. The molecular weight excluding hydrogens is 370 g/mol. The van der Waals surface area contributed by atoms with Crippen molar-refractivity contribution in [3.05, 3.63) is 107 Å². The Morgan fingerprint density at radius 1 is 0.867 bits per heavy atom.